The molecular weight excluding hydrogens is 230 g/mol. The summed E-state index contributed by atoms with van der Waals surface area (Å²) in [6.45, 7) is 2.69. The first kappa shape index (κ1) is 10.5. The Labute approximate surface area is 87.2 Å². The first-order valence-corrected chi connectivity index (χ1v) is 5.02. The first-order valence-electron chi connectivity index (χ1n) is 4.22. The Kier molecular flexibility index (Phi) is 3.75. The summed E-state index contributed by atoms with van der Waals surface area (Å²) in [5, 5.41) is 0. The zero-order valence-electron chi connectivity index (χ0n) is 7.93. The third-order valence-electron chi connectivity index (χ3n) is 1.99. The van der Waals surface area contributed by atoms with E-state index >= 15 is 0 Å². The van der Waals surface area contributed by atoms with E-state index in [4.69, 9.17) is 10.5 Å². The summed E-state index contributed by atoms with van der Waals surface area (Å²) >= 11 is 3.50. The minimum absolute atomic E-state index is 0.645. The van der Waals surface area contributed by atoms with Crippen molar-refractivity contribution in [1.29, 1.82) is 0 Å². The molecule has 0 bridgehead atoms. The van der Waals surface area contributed by atoms with Gasteiger partial charge in [0.1, 0.15) is 5.75 Å². The van der Waals surface area contributed by atoms with Crippen LogP contribution in [0.25, 0.3) is 0 Å². The molecule has 0 fully saturated rings. The van der Waals surface area contributed by atoms with Crippen LogP contribution in [-0.4, -0.2) is 13.7 Å². The Hall–Kier alpha value is -0.540. The monoisotopic (exact) mass is 243 g/mol. The van der Waals surface area contributed by atoms with Gasteiger partial charge in [-0.1, -0.05) is 12.1 Å². The maximum absolute atomic E-state index is 5.50. The second-order valence-electron chi connectivity index (χ2n) is 2.93. The van der Waals surface area contributed by atoms with Gasteiger partial charge in [-0.25, -0.2) is 0 Å². The second kappa shape index (κ2) is 4.63. The van der Waals surface area contributed by atoms with Crippen LogP contribution < -0.4 is 10.5 Å². The third kappa shape index (κ3) is 2.23. The van der Waals surface area contributed by atoms with E-state index in [0.717, 1.165) is 22.2 Å². The van der Waals surface area contributed by atoms with E-state index in [-0.39, 0.29) is 0 Å². The maximum Gasteiger partial charge on any atom is 0.136 e. The molecule has 0 spiro atoms. The Bertz CT molecular complexity index is 299. The fourth-order valence-corrected chi connectivity index (χ4v) is 1.82. The molecule has 1 aromatic rings. The summed E-state index contributed by atoms with van der Waals surface area (Å²) in [6, 6.07) is 4.13. The summed E-state index contributed by atoms with van der Waals surface area (Å²) in [6.07, 6.45) is 0.849. The van der Waals surface area contributed by atoms with Crippen molar-refractivity contribution in [2.75, 3.05) is 13.7 Å². The Balaban J connectivity index is 3.13. The Morgan fingerprint density at radius 1 is 1.46 bits per heavy atom. The average Bonchev–Trinajstić information content (AvgIpc) is 2.12. The lowest BCUT2D eigenvalue weighted by atomic mass is 10.1. The van der Waals surface area contributed by atoms with Crippen molar-refractivity contribution in [2.24, 2.45) is 5.73 Å². The molecule has 0 saturated carbocycles. The minimum Gasteiger partial charge on any atom is -0.495 e. The molecule has 0 radical (unpaired) electrons. The van der Waals surface area contributed by atoms with Crippen LogP contribution in [0.2, 0.25) is 0 Å². The summed E-state index contributed by atoms with van der Waals surface area (Å²) in [4.78, 5) is 0. The minimum atomic E-state index is 0.645. The predicted octanol–water partition coefficient (Wildman–Crippen LogP) is 2.27. The molecule has 13 heavy (non-hydrogen) atoms. The largest absolute Gasteiger partial charge is 0.495 e. The smallest absolute Gasteiger partial charge is 0.136 e. The van der Waals surface area contributed by atoms with Crippen LogP contribution in [0.5, 0.6) is 5.75 Å². The van der Waals surface area contributed by atoms with E-state index in [1.165, 1.54) is 5.56 Å². The number of nitrogens with two attached hydrogens (primary N) is 1. The number of hydrogen-bond donors (Lipinski definition) is 1. The first-order chi connectivity index (χ1) is 6.20. The molecule has 0 aliphatic rings. The van der Waals surface area contributed by atoms with Gasteiger partial charge in [-0.2, -0.15) is 0 Å². The van der Waals surface area contributed by atoms with Gasteiger partial charge in [0, 0.05) is 0 Å². The molecule has 0 amide bonds. The van der Waals surface area contributed by atoms with Gasteiger partial charge < -0.3 is 10.5 Å². The van der Waals surface area contributed by atoms with Crippen LogP contribution in [-0.2, 0) is 6.42 Å². The van der Waals surface area contributed by atoms with Gasteiger partial charge in [-0.15, -0.1) is 0 Å². The molecule has 2 nitrogen and oxygen atoms in total. The van der Waals surface area contributed by atoms with Crippen LogP contribution in [0.3, 0.4) is 0 Å². The molecule has 1 aromatic carbocycles. The highest BCUT2D eigenvalue weighted by Gasteiger charge is 2.08. The highest BCUT2D eigenvalue weighted by Crippen LogP contribution is 2.31. The van der Waals surface area contributed by atoms with Crippen LogP contribution in [0.1, 0.15) is 11.1 Å². The van der Waals surface area contributed by atoms with Crippen LogP contribution in [0.15, 0.2) is 16.6 Å². The quantitative estimate of drug-likeness (QED) is 0.885. The van der Waals surface area contributed by atoms with Crippen molar-refractivity contribution in [1.82, 2.24) is 0 Å². The Morgan fingerprint density at radius 2 is 2.15 bits per heavy atom. The average molecular weight is 244 g/mol. The van der Waals surface area contributed by atoms with Gasteiger partial charge in [0.15, 0.2) is 0 Å². The van der Waals surface area contributed by atoms with E-state index < -0.39 is 0 Å². The lowest BCUT2D eigenvalue weighted by Crippen LogP contribution is -2.04. The van der Waals surface area contributed by atoms with E-state index in [1.807, 2.05) is 6.92 Å². The summed E-state index contributed by atoms with van der Waals surface area (Å²) in [5.74, 6) is 0.908. The van der Waals surface area contributed by atoms with E-state index in [1.54, 1.807) is 7.11 Å². The molecule has 2 N–H and O–H groups in total. The highest BCUT2D eigenvalue weighted by molar-refractivity contribution is 9.10. The topological polar surface area (TPSA) is 35.2 Å². The van der Waals surface area contributed by atoms with Crippen molar-refractivity contribution in [3.8, 4) is 5.75 Å². The maximum atomic E-state index is 5.50. The molecule has 0 unspecified atom stereocenters. The van der Waals surface area contributed by atoms with Crippen molar-refractivity contribution in [3.05, 3.63) is 27.7 Å². The molecule has 0 heterocycles. The summed E-state index contributed by atoms with van der Waals surface area (Å²) in [7, 11) is 1.68. The van der Waals surface area contributed by atoms with Crippen LogP contribution in [0, 0.1) is 6.92 Å². The SMILES string of the molecule is COc1c(CCN)ccc(C)c1Br. The van der Waals surface area contributed by atoms with Crippen LogP contribution >= 0.6 is 15.9 Å². The lowest BCUT2D eigenvalue weighted by molar-refractivity contribution is 0.406. The number of ether oxygens (including phenoxy) is 1. The van der Waals surface area contributed by atoms with E-state index in [0.29, 0.717) is 6.54 Å². The number of aryl methyl sites for hydroxylation is 1. The fourth-order valence-electron chi connectivity index (χ4n) is 1.27. The number of methoxy groups -OCH3 is 1. The van der Waals surface area contributed by atoms with Crippen molar-refractivity contribution >= 4 is 15.9 Å². The van der Waals surface area contributed by atoms with Gasteiger partial charge in [0.25, 0.3) is 0 Å². The van der Waals surface area contributed by atoms with Crippen LogP contribution in [0.4, 0.5) is 0 Å². The Morgan fingerprint density at radius 3 is 2.69 bits per heavy atom. The normalized spacial score (nSPS) is 10.2. The van der Waals surface area contributed by atoms with Gasteiger partial charge in [0.2, 0.25) is 0 Å². The standard InChI is InChI=1S/C10H14BrNO/c1-7-3-4-8(5-6-12)10(13-2)9(7)11/h3-4H,5-6,12H2,1-2H3. The van der Waals surface area contributed by atoms with Gasteiger partial charge in [-0.05, 0) is 46.9 Å². The lowest BCUT2D eigenvalue weighted by Gasteiger charge is -2.11. The summed E-state index contributed by atoms with van der Waals surface area (Å²) < 4.78 is 6.34. The molecule has 72 valence electrons. The fraction of sp³-hybridized carbons (Fsp3) is 0.400. The molecule has 0 aromatic heterocycles. The number of benzene rings is 1. The number of rotatable bonds is 3. The number of halogens is 1. The zero-order valence-corrected chi connectivity index (χ0v) is 9.52. The molecule has 1 rings (SSSR count). The zero-order chi connectivity index (χ0) is 9.84. The molecular formula is C10H14BrNO. The molecule has 0 saturated heterocycles. The van der Waals surface area contributed by atoms with Crippen molar-refractivity contribution in [2.45, 2.75) is 13.3 Å². The van der Waals surface area contributed by atoms with Crippen molar-refractivity contribution in [3.63, 3.8) is 0 Å². The summed E-state index contributed by atoms with van der Waals surface area (Å²) in [5.41, 5.74) is 7.83. The van der Waals surface area contributed by atoms with E-state index in [2.05, 4.69) is 28.1 Å². The molecule has 0 atom stereocenters. The van der Waals surface area contributed by atoms with Crippen molar-refractivity contribution < 1.29 is 4.74 Å². The third-order valence-corrected chi connectivity index (χ3v) is 2.98. The van der Waals surface area contributed by atoms with Gasteiger partial charge in [-0.3, -0.25) is 0 Å². The van der Waals surface area contributed by atoms with E-state index in [9.17, 15) is 0 Å². The molecule has 0 aliphatic carbocycles. The molecule has 3 heteroatoms. The predicted molar refractivity (Wildman–Crippen MR) is 58.2 cm³/mol. The second-order valence-corrected chi connectivity index (χ2v) is 3.72. The number of hydrogen-bond acceptors (Lipinski definition) is 2. The molecule has 0 aliphatic heterocycles. The van der Waals surface area contributed by atoms with Gasteiger partial charge >= 0.3 is 0 Å². The van der Waals surface area contributed by atoms with Gasteiger partial charge in [0.05, 0.1) is 11.6 Å². The highest BCUT2D eigenvalue weighted by atomic mass is 79.9.